The summed E-state index contributed by atoms with van der Waals surface area (Å²) in [5.41, 5.74) is 6.57. The fourth-order valence-corrected chi connectivity index (χ4v) is 2.13. The second kappa shape index (κ2) is 8.65. The van der Waals surface area contributed by atoms with Crippen LogP contribution < -0.4 is 15.8 Å². The van der Waals surface area contributed by atoms with E-state index in [1.807, 2.05) is 24.3 Å². The number of hydrogen-bond acceptors (Lipinski definition) is 6. The molecule has 7 nitrogen and oxygen atoms in total. The molecule has 0 aliphatic rings. The molecule has 0 radical (unpaired) electrons. The summed E-state index contributed by atoms with van der Waals surface area (Å²) < 4.78 is 10.4. The molecule has 0 saturated heterocycles. The van der Waals surface area contributed by atoms with Crippen molar-refractivity contribution in [1.82, 2.24) is 15.5 Å². The zero-order valence-corrected chi connectivity index (χ0v) is 15.0. The van der Waals surface area contributed by atoms with Crippen molar-refractivity contribution in [2.75, 3.05) is 7.11 Å². The monoisotopic (exact) mass is 354 g/mol. The highest BCUT2D eigenvalue weighted by atomic mass is 35.5. The van der Waals surface area contributed by atoms with Crippen molar-refractivity contribution in [3.05, 3.63) is 41.5 Å². The summed E-state index contributed by atoms with van der Waals surface area (Å²) in [6, 6.07) is 6.55. The largest absolute Gasteiger partial charge is 0.496 e. The minimum atomic E-state index is -0.572. The van der Waals surface area contributed by atoms with Gasteiger partial charge in [0.25, 0.3) is 0 Å². The van der Waals surface area contributed by atoms with Crippen molar-refractivity contribution in [1.29, 1.82) is 0 Å². The minimum Gasteiger partial charge on any atom is -0.496 e. The molecule has 0 bridgehead atoms. The van der Waals surface area contributed by atoms with Crippen LogP contribution in [0.25, 0.3) is 0 Å². The fraction of sp³-hybridized carbons (Fsp3) is 0.438. The maximum Gasteiger partial charge on any atom is 0.225 e. The van der Waals surface area contributed by atoms with Crippen LogP contribution in [0.2, 0.25) is 0 Å². The Hall–Kier alpha value is -2.12. The van der Waals surface area contributed by atoms with Crippen LogP contribution >= 0.6 is 12.4 Å². The smallest absolute Gasteiger partial charge is 0.225 e. The molecular formula is C16H23ClN4O3. The zero-order chi connectivity index (χ0) is 17.0. The summed E-state index contributed by atoms with van der Waals surface area (Å²) in [5, 5.41) is 6.87. The topological polar surface area (TPSA) is 103 Å². The number of nitrogens with zero attached hydrogens (tertiary/aromatic N) is 2. The predicted molar refractivity (Wildman–Crippen MR) is 92.1 cm³/mol. The number of para-hydroxylation sites is 1. The number of nitrogens with two attached hydrogens (primary N) is 1. The number of rotatable bonds is 6. The number of aromatic nitrogens is 2. The second-order valence-corrected chi connectivity index (χ2v) is 5.50. The van der Waals surface area contributed by atoms with Crippen molar-refractivity contribution < 1.29 is 14.1 Å². The molecule has 24 heavy (non-hydrogen) atoms. The van der Waals surface area contributed by atoms with Crippen LogP contribution in [-0.2, 0) is 4.79 Å². The highest BCUT2D eigenvalue weighted by Crippen LogP contribution is 2.28. The number of aryl methyl sites for hydroxylation is 1. The number of ether oxygens (including phenoxy) is 1. The molecular weight excluding hydrogens is 332 g/mol. The summed E-state index contributed by atoms with van der Waals surface area (Å²) in [4.78, 5) is 16.7. The number of hydrogen-bond donors (Lipinski definition) is 2. The van der Waals surface area contributed by atoms with Gasteiger partial charge < -0.3 is 20.3 Å². The Bertz CT molecular complexity index is 675. The van der Waals surface area contributed by atoms with E-state index in [0.717, 1.165) is 5.56 Å². The number of benzene rings is 1. The third-order valence-electron chi connectivity index (χ3n) is 3.74. The summed E-state index contributed by atoms with van der Waals surface area (Å²) in [5.74, 6) is 0.902. The van der Waals surface area contributed by atoms with E-state index in [9.17, 15) is 4.79 Å². The standard InChI is InChI=1S/C16H22N4O3.ClH/c1-9(10(2)17)16(21)19-14(15-18-11(3)23-20-15)12-7-5-6-8-13(12)22-4;/h5-10,14H,17H2,1-4H3,(H,19,21);1H. The molecule has 0 aliphatic carbocycles. The molecule has 2 aromatic rings. The second-order valence-electron chi connectivity index (χ2n) is 5.50. The van der Waals surface area contributed by atoms with E-state index in [1.54, 1.807) is 27.9 Å². The maximum atomic E-state index is 12.4. The molecule has 1 aromatic heterocycles. The summed E-state index contributed by atoms with van der Waals surface area (Å²) >= 11 is 0. The van der Waals surface area contributed by atoms with Gasteiger partial charge in [-0.1, -0.05) is 30.3 Å². The predicted octanol–water partition coefficient (Wildman–Crippen LogP) is 2.00. The Morgan fingerprint density at radius 1 is 1.33 bits per heavy atom. The summed E-state index contributed by atoms with van der Waals surface area (Å²) in [6.45, 7) is 5.27. The third kappa shape index (κ3) is 4.46. The van der Waals surface area contributed by atoms with Gasteiger partial charge in [-0.25, -0.2) is 0 Å². The minimum absolute atomic E-state index is 0. The molecule has 3 atom stereocenters. The lowest BCUT2D eigenvalue weighted by Gasteiger charge is -2.22. The molecule has 0 fully saturated rings. The Kier molecular flexibility index (Phi) is 7.18. The van der Waals surface area contributed by atoms with Gasteiger partial charge in [-0.15, -0.1) is 12.4 Å². The van der Waals surface area contributed by atoms with Crippen molar-refractivity contribution in [3.8, 4) is 5.75 Å². The average molecular weight is 355 g/mol. The Labute approximate surface area is 147 Å². The maximum absolute atomic E-state index is 12.4. The number of methoxy groups -OCH3 is 1. The first-order chi connectivity index (χ1) is 10.9. The van der Waals surface area contributed by atoms with Crippen LogP contribution in [0.1, 0.15) is 37.2 Å². The number of nitrogens with one attached hydrogen (secondary N) is 1. The Balaban J connectivity index is 0.00000288. The van der Waals surface area contributed by atoms with Crippen molar-refractivity contribution >= 4 is 18.3 Å². The zero-order valence-electron chi connectivity index (χ0n) is 14.1. The number of carbonyl (C=O) groups excluding carboxylic acids is 1. The van der Waals surface area contributed by atoms with Crippen LogP contribution in [0.4, 0.5) is 0 Å². The first-order valence-electron chi connectivity index (χ1n) is 7.43. The lowest BCUT2D eigenvalue weighted by Crippen LogP contribution is -2.40. The van der Waals surface area contributed by atoms with Gasteiger partial charge in [0.2, 0.25) is 11.8 Å². The van der Waals surface area contributed by atoms with Gasteiger partial charge >= 0.3 is 0 Å². The van der Waals surface area contributed by atoms with E-state index in [4.69, 9.17) is 15.0 Å². The molecule has 0 aliphatic heterocycles. The normalized spacial score (nSPS) is 14.2. The van der Waals surface area contributed by atoms with Gasteiger partial charge in [0.05, 0.1) is 7.11 Å². The van der Waals surface area contributed by atoms with Gasteiger partial charge in [-0.2, -0.15) is 4.98 Å². The first-order valence-corrected chi connectivity index (χ1v) is 7.43. The average Bonchev–Trinajstić information content (AvgIpc) is 2.97. The van der Waals surface area contributed by atoms with E-state index >= 15 is 0 Å². The van der Waals surface area contributed by atoms with Crippen LogP contribution in [0.5, 0.6) is 5.75 Å². The molecule has 0 spiro atoms. The first kappa shape index (κ1) is 19.9. The quantitative estimate of drug-likeness (QED) is 0.822. The molecule has 1 amide bonds. The van der Waals surface area contributed by atoms with E-state index < -0.39 is 6.04 Å². The molecule has 3 unspecified atom stereocenters. The molecule has 1 aromatic carbocycles. The van der Waals surface area contributed by atoms with E-state index in [-0.39, 0.29) is 30.3 Å². The molecule has 8 heteroatoms. The van der Waals surface area contributed by atoms with Gasteiger partial charge in [0.1, 0.15) is 11.8 Å². The number of carbonyl (C=O) groups is 1. The fourth-order valence-electron chi connectivity index (χ4n) is 2.13. The van der Waals surface area contributed by atoms with E-state index in [2.05, 4.69) is 15.5 Å². The molecule has 2 rings (SSSR count). The van der Waals surface area contributed by atoms with Crippen LogP contribution in [0.3, 0.4) is 0 Å². The van der Waals surface area contributed by atoms with E-state index in [1.165, 1.54) is 0 Å². The summed E-state index contributed by atoms with van der Waals surface area (Å²) in [7, 11) is 1.57. The third-order valence-corrected chi connectivity index (χ3v) is 3.74. The van der Waals surface area contributed by atoms with Gasteiger partial charge in [-0.05, 0) is 13.0 Å². The van der Waals surface area contributed by atoms with Gasteiger partial charge in [-0.3, -0.25) is 4.79 Å². The lowest BCUT2D eigenvalue weighted by atomic mass is 10.0. The number of amides is 1. The van der Waals surface area contributed by atoms with Crippen LogP contribution in [-0.4, -0.2) is 29.2 Å². The highest BCUT2D eigenvalue weighted by molar-refractivity contribution is 5.85. The van der Waals surface area contributed by atoms with Gasteiger partial charge in [0.15, 0.2) is 5.82 Å². The molecule has 1 heterocycles. The van der Waals surface area contributed by atoms with Crippen LogP contribution in [0, 0.1) is 12.8 Å². The van der Waals surface area contributed by atoms with E-state index in [0.29, 0.717) is 17.5 Å². The molecule has 132 valence electrons. The lowest BCUT2D eigenvalue weighted by molar-refractivity contribution is -0.125. The SMILES string of the molecule is COc1ccccc1C(NC(=O)C(C)C(C)N)c1noc(C)n1.Cl. The number of halogens is 1. The summed E-state index contributed by atoms with van der Waals surface area (Å²) in [6.07, 6.45) is 0. The Morgan fingerprint density at radius 2 is 2.00 bits per heavy atom. The molecule has 3 N–H and O–H groups in total. The van der Waals surface area contributed by atoms with Crippen molar-refractivity contribution in [2.24, 2.45) is 11.7 Å². The Morgan fingerprint density at radius 3 is 2.54 bits per heavy atom. The van der Waals surface area contributed by atoms with Crippen LogP contribution in [0.15, 0.2) is 28.8 Å². The van der Waals surface area contributed by atoms with Crippen molar-refractivity contribution in [3.63, 3.8) is 0 Å². The molecule has 0 saturated carbocycles. The highest BCUT2D eigenvalue weighted by Gasteiger charge is 2.27. The van der Waals surface area contributed by atoms with Gasteiger partial charge in [0, 0.05) is 24.4 Å². The van der Waals surface area contributed by atoms with Crippen molar-refractivity contribution in [2.45, 2.75) is 32.9 Å².